The van der Waals surface area contributed by atoms with E-state index in [0.29, 0.717) is 12.2 Å². The summed E-state index contributed by atoms with van der Waals surface area (Å²) in [5, 5.41) is 2.98. The lowest BCUT2D eigenvalue weighted by molar-refractivity contribution is -0.121. The Hall–Kier alpha value is -3.62. The Morgan fingerprint density at radius 3 is 2.79 bits per heavy atom. The average Bonchev–Trinajstić information content (AvgIpc) is 3.21. The maximum atomic E-state index is 12.6. The van der Waals surface area contributed by atoms with Crippen LogP contribution in [-0.4, -0.2) is 28.5 Å². The molecule has 0 aliphatic heterocycles. The van der Waals surface area contributed by atoms with Crippen molar-refractivity contribution in [2.45, 2.75) is 25.9 Å². The summed E-state index contributed by atoms with van der Waals surface area (Å²) >= 11 is 0. The van der Waals surface area contributed by atoms with Gasteiger partial charge < -0.3 is 19.5 Å². The van der Waals surface area contributed by atoms with Gasteiger partial charge in [0.15, 0.2) is 0 Å². The van der Waals surface area contributed by atoms with Crippen LogP contribution in [0, 0.1) is 0 Å². The standard InChI is InChI=1S/C19H19N3O6/c1-27-18(25)12-6-7-14-15(10-12)21-19(26)22(17(14)24)8-2-5-16(23)20-11-13-4-3-9-28-13/h3-4,6-7,9-10H,2,5,8,11H2,1H3,(H,20,23)(H,21,26). The van der Waals surface area contributed by atoms with Crippen molar-refractivity contribution in [2.75, 3.05) is 7.11 Å². The molecule has 0 atom stereocenters. The van der Waals surface area contributed by atoms with Crippen molar-refractivity contribution in [3.63, 3.8) is 0 Å². The molecule has 2 aromatic heterocycles. The number of fused-ring (bicyclic) bond motifs is 1. The summed E-state index contributed by atoms with van der Waals surface area (Å²) in [5.41, 5.74) is -0.594. The molecule has 0 aliphatic rings. The molecule has 1 amide bonds. The van der Waals surface area contributed by atoms with Crippen molar-refractivity contribution in [3.8, 4) is 0 Å². The van der Waals surface area contributed by atoms with E-state index in [9.17, 15) is 19.2 Å². The van der Waals surface area contributed by atoms with Crippen LogP contribution in [0.25, 0.3) is 10.9 Å². The maximum absolute atomic E-state index is 12.6. The van der Waals surface area contributed by atoms with Crippen LogP contribution in [0.1, 0.15) is 29.0 Å². The van der Waals surface area contributed by atoms with E-state index in [2.05, 4.69) is 15.0 Å². The number of hydrogen-bond donors (Lipinski definition) is 2. The molecular formula is C19H19N3O6. The van der Waals surface area contributed by atoms with E-state index >= 15 is 0 Å². The van der Waals surface area contributed by atoms with Gasteiger partial charge in [-0.05, 0) is 36.8 Å². The number of H-pyrrole nitrogens is 1. The molecule has 0 radical (unpaired) electrons. The molecule has 0 bridgehead atoms. The summed E-state index contributed by atoms with van der Waals surface area (Å²) in [6, 6.07) is 7.80. The molecule has 3 rings (SSSR count). The van der Waals surface area contributed by atoms with E-state index in [1.165, 1.54) is 31.6 Å². The second kappa shape index (κ2) is 8.38. The molecule has 1 aromatic carbocycles. The van der Waals surface area contributed by atoms with Crippen LogP contribution in [0.4, 0.5) is 0 Å². The smallest absolute Gasteiger partial charge is 0.337 e. The van der Waals surface area contributed by atoms with Crippen molar-refractivity contribution in [3.05, 3.63) is 68.8 Å². The number of methoxy groups -OCH3 is 1. The Balaban J connectivity index is 1.67. The number of benzene rings is 1. The van der Waals surface area contributed by atoms with Crippen molar-refractivity contribution in [1.82, 2.24) is 14.9 Å². The molecule has 0 saturated heterocycles. The van der Waals surface area contributed by atoms with Crippen LogP contribution >= 0.6 is 0 Å². The molecule has 146 valence electrons. The first kappa shape index (κ1) is 19.2. The first-order valence-corrected chi connectivity index (χ1v) is 8.64. The minimum Gasteiger partial charge on any atom is -0.467 e. The Kier molecular flexibility index (Phi) is 5.73. The van der Waals surface area contributed by atoms with E-state index in [1.54, 1.807) is 12.1 Å². The normalized spacial score (nSPS) is 10.8. The van der Waals surface area contributed by atoms with Crippen molar-refractivity contribution in [1.29, 1.82) is 0 Å². The highest BCUT2D eigenvalue weighted by Crippen LogP contribution is 2.10. The van der Waals surface area contributed by atoms with Crippen LogP contribution in [-0.2, 0) is 22.6 Å². The van der Waals surface area contributed by atoms with Gasteiger partial charge in [0.25, 0.3) is 5.56 Å². The number of carbonyl (C=O) groups excluding carboxylic acids is 2. The molecule has 0 spiro atoms. The van der Waals surface area contributed by atoms with Gasteiger partial charge >= 0.3 is 11.7 Å². The Morgan fingerprint density at radius 2 is 2.07 bits per heavy atom. The summed E-state index contributed by atoms with van der Waals surface area (Å²) in [7, 11) is 1.25. The number of nitrogens with zero attached hydrogens (tertiary/aromatic N) is 1. The Morgan fingerprint density at radius 1 is 1.25 bits per heavy atom. The highest BCUT2D eigenvalue weighted by Gasteiger charge is 2.12. The molecule has 9 heteroatoms. The maximum Gasteiger partial charge on any atom is 0.337 e. The lowest BCUT2D eigenvalue weighted by Gasteiger charge is -2.08. The van der Waals surface area contributed by atoms with Crippen LogP contribution in [0.5, 0.6) is 0 Å². The van der Waals surface area contributed by atoms with Gasteiger partial charge in [0.2, 0.25) is 5.91 Å². The predicted octanol–water partition coefficient (Wildman–Crippen LogP) is 1.17. The van der Waals surface area contributed by atoms with Crippen LogP contribution < -0.4 is 16.6 Å². The quantitative estimate of drug-likeness (QED) is 0.589. The van der Waals surface area contributed by atoms with Gasteiger partial charge in [-0.15, -0.1) is 0 Å². The van der Waals surface area contributed by atoms with Crippen LogP contribution in [0.15, 0.2) is 50.6 Å². The molecule has 2 heterocycles. The van der Waals surface area contributed by atoms with E-state index in [-0.39, 0.29) is 41.9 Å². The first-order chi connectivity index (χ1) is 13.5. The zero-order valence-corrected chi connectivity index (χ0v) is 15.2. The van der Waals surface area contributed by atoms with Gasteiger partial charge in [-0.2, -0.15) is 0 Å². The molecule has 0 aliphatic carbocycles. The average molecular weight is 385 g/mol. The number of ether oxygens (including phenoxy) is 1. The number of esters is 1. The van der Waals surface area contributed by atoms with Crippen LogP contribution in [0.2, 0.25) is 0 Å². The summed E-state index contributed by atoms with van der Waals surface area (Å²) in [6.45, 7) is 0.377. The number of carbonyl (C=O) groups is 2. The van der Waals surface area contributed by atoms with Crippen molar-refractivity contribution in [2.24, 2.45) is 0 Å². The monoisotopic (exact) mass is 385 g/mol. The molecule has 0 fully saturated rings. The minimum atomic E-state index is -0.601. The summed E-state index contributed by atoms with van der Waals surface area (Å²) in [5.74, 6) is -0.126. The molecule has 2 N–H and O–H groups in total. The lowest BCUT2D eigenvalue weighted by Crippen LogP contribution is -2.35. The van der Waals surface area contributed by atoms with Gasteiger partial charge in [0.05, 0.1) is 36.4 Å². The van der Waals surface area contributed by atoms with Gasteiger partial charge in [0, 0.05) is 13.0 Å². The highest BCUT2D eigenvalue weighted by atomic mass is 16.5. The lowest BCUT2D eigenvalue weighted by atomic mass is 10.1. The van der Waals surface area contributed by atoms with Crippen molar-refractivity contribution < 1.29 is 18.7 Å². The molecular weight excluding hydrogens is 366 g/mol. The van der Waals surface area contributed by atoms with Gasteiger partial charge in [-0.3, -0.25) is 14.2 Å². The number of amides is 1. The van der Waals surface area contributed by atoms with E-state index < -0.39 is 17.2 Å². The zero-order valence-electron chi connectivity index (χ0n) is 15.2. The third-order valence-electron chi connectivity index (χ3n) is 4.23. The third kappa shape index (κ3) is 4.20. The van der Waals surface area contributed by atoms with E-state index in [0.717, 1.165) is 4.57 Å². The SMILES string of the molecule is COC(=O)c1ccc2c(=O)n(CCCC(=O)NCc3ccco3)c(=O)[nH]c2c1. The molecule has 3 aromatic rings. The third-order valence-corrected chi connectivity index (χ3v) is 4.23. The largest absolute Gasteiger partial charge is 0.467 e. The number of rotatable bonds is 7. The predicted molar refractivity (Wildman–Crippen MR) is 100.0 cm³/mol. The summed E-state index contributed by atoms with van der Waals surface area (Å²) < 4.78 is 10.8. The topological polar surface area (TPSA) is 123 Å². The second-order valence-corrected chi connectivity index (χ2v) is 6.10. The number of aromatic amines is 1. The second-order valence-electron chi connectivity index (χ2n) is 6.10. The van der Waals surface area contributed by atoms with Crippen LogP contribution in [0.3, 0.4) is 0 Å². The Bertz CT molecular complexity index is 1110. The fraction of sp³-hybridized carbons (Fsp3) is 0.263. The number of nitrogens with one attached hydrogen (secondary N) is 2. The zero-order chi connectivity index (χ0) is 20.1. The summed E-state index contributed by atoms with van der Waals surface area (Å²) in [6.07, 6.45) is 2.00. The van der Waals surface area contributed by atoms with E-state index in [4.69, 9.17) is 4.42 Å². The minimum absolute atomic E-state index is 0.0943. The molecule has 0 unspecified atom stereocenters. The van der Waals surface area contributed by atoms with Gasteiger partial charge in [-0.1, -0.05) is 0 Å². The highest BCUT2D eigenvalue weighted by molar-refractivity contribution is 5.93. The number of furan rings is 1. The van der Waals surface area contributed by atoms with Gasteiger partial charge in [-0.25, -0.2) is 9.59 Å². The molecule has 9 nitrogen and oxygen atoms in total. The van der Waals surface area contributed by atoms with Crippen molar-refractivity contribution >= 4 is 22.8 Å². The fourth-order valence-corrected chi connectivity index (χ4v) is 2.79. The molecule has 0 saturated carbocycles. The fourth-order valence-electron chi connectivity index (χ4n) is 2.79. The van der Waals surface area contributed by atoms with E-state index in [1.807, 2.05) is 0 Å². The molecule has 28 heavy (non-hydrogen) atoms. The number of hydrogen-bond acceptors (Lipinski definition) is 6. The first-order valence-electron chi connectivity index (χ1n) is 8.64. The van der Waals surface area contributed by atoms with Gasteiger partial charge in [0.1, 0.15) is 5.76 Å². The summed E-state index contributed by atoms with van der Waals surface area (Å²) in [4.78, 5) is 50.9. The number of aromatic nitrogens is 2. The Labute approximate surface area is 158 Å².